The van der Waals surface area contributed by atoms with Gasteiger partial charge in [-0.1, -0.05) is 6.07 Å². The van der Waals surface area contributed by atoms with Crippen molar-refractivity contribution < 1.29 is 19.2 Å². The topological polar surface area (TPSA) is 103 Å². The minimum atomic E-state index is -0.562. The molecule has 0 bridgehead atoms. The number of amides is 5. The highest BCUT2D eigenvalue weighted by atomic mass is 16.2. The van der Waals surface area contributed by atoms with Gasteiger partial charge in [0, 0.05) is 38.6 Å². The molecule has 9 heteroatoms. The first-order valence-electron chi connectivity index (χ1n) is 9.53. The van der Waals surface area contributed by atoms with Crippen molar-refractivity contribution in [2.24, 2.45) is 5.41 Å². The zero-order valence-electron chi connectivity index (χ0n) is 15.6. The predicted molar refractivity (Wildman–Crippen MR) is 97.6 cm³/mol. The van der Waals surface area contributed by atoms with E-state index in [1.54, 1.807) is 17.3 Å². The van der Waals surface area contributed by atoms with Crippen LogP contribution in [-0.2, 0) is 20.9 Å². The number of carbonyl (C=O) groups is 4. The summed E-state index contributed by atoms with van der Waals surface area (Å²) >= 11 is 0. The van der Waals surface area contributed by atoms with Gasteiger partial charge in [-0.25, -0.2) is 4.79 Å². The van der Waals surface area contributed by atoms with Crippen molar-refractivity contribution in [1.82, 2.24) is 25.0 Å². The Hall–Kier alpha value is -2.97. The van der Waals surface area contributed by atoms with Gasteiger partial charge in [0.05, 0.1) is 12.0 Å². The average Bonchev–Trinajstić information content (AvgIpc) is 3.26. The van der Waals surface area contributed by atoms with Crippen LogP contribution in [0.2, 0.25) is 0 Å². The highest BCUT2D eigenvalue weighted by molar-refractivity contribution is 6.04. The molecular formula is C19H23N5O4. The van der Waals surface area contributed by atoms with E-state index in [9.17, 15) is 19.2 Å². The first kappa shape index (κ1) is 18.4. The van der Waals surface area contributed by atoms with Crippen molar-refractivity contribution in [2.45, 2.75) is 25.8 Å². The van der Waals surface area contributed by atoms with E-state index < -0.39 is 17.4 Å². The number of urea groups is 1. The van der Waals surface area contributed by atoms with E-state index >= 15 is 0 Å². The minimum absolute atomic E-state index is 0.0716. The van der Waals surface area contributed by atoms with Crippen molar-refractivity contribution in [3.8, 4) is 0 Å². The van der Waals surface area contributed by atoms with Crippen LogP contribution in [-0.4, -0.2) is 76.2 Å². The average molecular weight is 385 g/mol. The Labute approximate surface area is 162 Å². The highest BCUT2D eigenvalue weighted by Gasteiger charge is 2.49. The summed E-state index contributed by atoms with van der Waals surface area (Å²) < 4.78 is 0. The summed E-state index contributed by atoms with van der Waals surface area (Å²) in [6.45, 7) is 1.69. The number of nitrogens with zero attached hydrogens (tertiary/aromatic N) is 4. The summed E-state index contributed by atoms with van der Waals surface area (Å²) in [5, 5.41) is 2.41. The summed E-state index contributed by atoms with van der Waals surface area (Å²) in [4.78, 5) is 57.7. The van der Waals surface area contributed by atoms with Crippen LogP contribution in [0.15, 0.2) is 24.5 Å². The molecule has 0 radical (unpaired) electrons. The van der Waals surface area contributed by atoms with E-state index in [1.807, 2.05) is 17.0 Å². The van der Waals surface area contributed by atoms with Crippen molar-refractivity contribution >= 4 is 23.8 Å². The van der Waals surface area contributed by atoms with Gasteiger partial charge in [-0.2, -0.15) is 0 Å². The highest BCUT2D eigenvalue weighted by Crippen LogP contribution is 2.40. The van der Waals surface area contributed by atoms with Crippen molar-refractivity contribution in [3.63, 3.8) is 0 Å². The molecule has 148 valence electrons. The number of carbonyl (C=O) groups excluding carboxylic acids is 4. The van der Waals surface area contributed by atoms with E-state index in [-0.39, 0.29) is 24.9 Å². The van der Waals surface area contributed by atoms with Gasteiger partial charge < -0.3 is 15.1 Å². The van der Waals surface area contributed by atoms with Crippen molar-refractivity contribution in [3.05, 3.63) is 30.1 Å². The first-order valence-corrected chi connectivity index (χ1v) is 9.53. The number of imide groups is 1. The summed E-state index contributed by atoms with van der Waals surface area (Å²) in [5.74, 6) is -0.615. The molecule has 28 heavy (non-hydrogen) atoms. The Kier molecular flexibility index (Phi) is 4.74. The number of hydrogen-bond donors (Lipinski definition) is 1. The number of hydrogen-bond acceptors (Lipinski definition) is 5. The Bertz CT molecular complexity index is 798. The van der Waals surface area contributed by atoms with Gasteiger partial charge in [0.15, 0.2) is 0 Å². The van der Waals surface area contributed by atoms with Crippen LogP contribution in [0, 0.1) is 5.41 Å². The summed E-state index contributed by atoms with van der Waals surface area (Å²) in [7, 11) is 0. The molecule has 1 atom stereocenters. The molecule has 0 aromatic carbocycles. The Morgan fingerprint density at radius 1 is 1.21 bits per heavy atom. The maximum Gasteiger partial charge on any atom is 0.325 e. The van der Waals surface area contributed by atoms with E-state index in [2.05, 4.69) is 10.3 Å². The Morgan fingerprint density at radius 2 is 2.07 bits per heavy atom. The zero-order chi connectivity index (χ0) is 19.7. The minimum Gasteiger partial charge on any atom is -0.340 e. The number of nitrogens with one attached hydrogen (secondary N) is 1. The monoisotopic (exact) mass is 385 g/mol. The molecule has 0 aliphatic carbocycles. The van der Waals surface area contributed by atoms with Crippen molar-refractivity contribution in [2.75, 3.05) is 32.7 Å². The lowest BCUT2D eigenvalue weighted by Gasteiger charge is -2.39. The lowest BCUT2D eigenvalue weighted by molar-refractivity contribution is -0.147. The molecule has 3 saturated heterocycles. The van der Waals surface area contributed by atoms with Crippen LogP contribution in [0.25, 0.3) is 0 Å². The number of likely N-dealkylation sites (tertiary alicyclic amines) is 2. The molecule has 4 heterocycles. The van der Waals surface area contributed by atoms with E-state index in [0.29, 0.717) is 32.6 Å². The number of pyridine rings is 1. The van der Waals surface area contributed by atoms with E-state index in [0.717, 1.165) is 23.3 Å². The molecular weight excluding hydrogens is 362 g/mol. The largest absolute Gasteiger partial charge is 0.340 e. The lowest BCUT2D eigenvalue weighted by Crippen LogP contribution is -2.50. The number of piperidine rings is 1. The molecule has 1 aromatic heterocycles. The maximum absolute atomic E-state index is 13.2. The molecule has 1 spiro atoms. The van der Waals surface area contributed by atoms with Crippen LogP contribution in [0.1, 0.15) is 24.8 Å². The molecule has 9 nitrogen and oxygen atoms in total. The fraction of sp³-hybridized carbons (Fsp3) is 0.526. The van der Waals surface area contributed by atoms with Crippen LogP contribution in [0.4, 0.5) is 4.79 Å². The molecule has 0 saturated carbocycles. The van der Waals surface area contributed by atoms with E-state index in [4.69, 9.17) is 0 Å². The fourth-order valence-electron chi connectivity index (χ4n) is 4.33. The smallest absolute Gasteiger partial charge is 0.325 e. The third-order valence-electron chi connectivity index (χ3n) is 5.86. The second-order valence-corrected chi connectivity index (χ2v) is 7.68. The van der Waals surface area contributed by atoms with Crippen LogP contribution in [0.5, 0.6) is 0 Å². The van der Waals surface area contributed by atoms with Gasteiger partial charge in [0.2, 0.25) is 11.8 Å². The van der Waals surface area contributed by atoms with Crippen LogP contribution in [0.3, 0.4) is 0 Å². The maximum atomic E-state index is 13.2. The molecule has 0 unspecified atom stereocenters. The molecule has 1 aromatic rings. The first-order chi connectivity index (χ1) is 13.5. The van der Waals surface area contributed by atoms with Crippen LogP contribution >= 0.6 is 0 Å². The normalized spacial score (nSPS) is 25.0. The second-order valence-electron chi connectivity index (χ2n) is 7.68. The number of aromatic nitrogens is 1. The van der Waals surface area contributed by atoms with Gasteiger partial charge in [-0.15, -0.1) is 0 Å². The van der Waals surface area contributed by atoms with E-state index in [1.165, 1.54) is 0 Å². The molecule has 5 amide bonds. The molecule has 3 fully saturated rings. The van der Waals surface area contributed by atoms with Gasteiger partial charge in [-0.3, -0.25) is 24.3 Å². The Balaban J connectivity index is 1.41. The predicted octanol–water partition coefficient (Wildman–Crippen LogP) is -0.0255. The van der Waals surface area contributed by atoms with Gasteiger partial charge in [-0.05, 0) is 30.9 Å². The third-order valence-corrected chi connectivity index (χ3v) is 5.86. The molecule has 3 aliphatic heterocycles. The standard InChI is InChI=1S/C19H23N5O4/c25-15-10-21-18(28)24(15)12-16(26)23-8-5-19(13-23)4-2-7-22(17(19)27)11-14-3-1-6-20-9-14/h1,3,6,9H,2,4-5,7-8,10-13H2,(H,21,28)/t19-/m1/s1. The zero-order valence-corrected chi connectivity index (χ0v) is 15.6. The quantitative estimate of drug-likeness (QED) is 0.734. The third kappa shape index (κ3) is 3.32. The van der Waals surface area contributed by atoms with Gasteiger partial charge in [0.25, 0.3) is 5.91 Å². The summed E-state index contributed by atoms with van der Waals surface area (Å²) in [6, 6.07) is 3.26. The number of rotatable bonds is 4. The molecule has 4 rings (SSSR count). The second kappa shape index (κ2) is 7.21. The summed E-state index contributed by atoms with van der Waals surface area (Å²) in [6.07, 6.45) is 5.72. The Morgan fingerprint density at radius 3 is 2.79 bits per heavy atom. The SMILES string of the molecule is O=C(CN1C(=O)CNC1=O)N1CC[C@]2(CCCN(Cc3cccnc3)C2=O)C1. The van der Waals surface area contributed by atoms with Gasteiger partial charge >= 0.3 is 6.03 Å². The lowest BCUT2D eigenvalue weighted by atomic mass is 9.78. The van der Waals surface area contributed by atoms with Gasteiger partial charge in [0.1, 0.15) is 6.54 Å². The fourth-order valence-corrected chi connectivity index (χ4v) is 4.33. The van der Waals surface area contributed by atoms with Crippen molar-refractivity contribution in [1.29, 1.82) is 0 Å². The molecule has 1 N–H and O–H groups in total. The molecule has 3 aliphatic rings. The summed E-state index contributed by atoms with van der Waals surface area (Å²) in [5.41, 5.74) is 0.422. The van der Waals surface area contributed by atoms with Crippen LogP contribution < -0.4 is 5.32 Å².